The van der Waals surface area contributed by atoms with Gasteiger partial charge in [0.15, 0.2) is 10.8 Å². The summed E-state index contributed by atoms with van der Waals surface area (Å²) in [4.78, 5) is 12.9. The summed E-state index contributed by atoms with van der Waals surface area (Å²) in [5, 5.41) is 4.60. The van der Waals surface area contributed by atoms with E-state index in [0.29, 0.717) is 40.3 Å². The summed E-state index contributed by atoms with van der Waals surface area (Å²) in [7, 11) is 0. The van der Waals surface area contributed by atoms with Crippen LogP contribution in [-0.4, -0.2) is 26.1 Å². The lowest BCUT2D eigenvalue weighted by atomic mass is 10.2. The molecule has 1 atom stereocenters. The molecule has 0 bridgehead atoms. The number of ether oxygens (including phenoxy) is 1. The average Bonchev–Trinajstić information content (AvgIpc) is 3.02. The van der Waals surface area contributed by atoms with Crippen LogP contribution in [0.5, 0.6) is 0 Å². The van der Waals surface area contributed by atoms with E-state index in [1.807, 2.05) is 16.7 Å². The Bertz CT molecular complexity index is 987. The predicted molar refractivity (Wildman–Crippen MR) is 108 cm³/mol. The number of anilines is 1. The third kappa shape index (κ3) is 3.96. The van der Waals surface area contributed by atoms with Crippen molar-refractivity contribution in [2.45, 2.75) is 32.0 Å². The summed E-state index contributed by atoms with van der Waals surface area (Å²) in [5.41, 5.74) is 1.98. The lowest BCUT2D eigenvalue weighted by Crippen LogP contribution is -2.20. The molecule has 10 heteroatoms. The lowest BCUT2D eigenvalue weighted by Gasteiger charge is -2.25. The molecule has 1 fully saturated rings. The first kappa shape index (κ1) is 19.0. The molecule has 27 heavy (non-hydrogen) atoms. The van der Waals surface area contributed by atoms with Crippen molar-refractivity contribution in [1.29, 1.82) is 0 Å². The number of fused-ring (bicyclic) bond motifs is 1. The maximum atomic E-state index is 6.23. The van der Waals surface area contributed by atoms with Crippen LogP contribution in [0.25, 0.3) is 11.2 Å². The Hall–Kier alpha value is -1.31. The van der Waals surface area contributed by atoms with Crippen molar-refractivity contribution in [1.82, 2.24) is 19.5 Å². The topological polar surface area (TPSA) is 64.9 Å². The second-order valence-electron chi connectivity index (χ2n) is 6.18. The normalized spacial score (nSPS) is 17.4. The Balaban J connectivity index is 1.71. The first-order valence-electron chi connectivity index (χ1n) is 8.43. The number of rotatable bonds is 4. The second kappa shape index (κ2) is 7.97. The fraction of sp³-hybridized carbons (Fsp3) is 0.353. The fourth-order valence-electron chi connectivity index (χ4n) is 3.07. The van der Waals surface area contributed by atoms with E-state index < -0.39 is 0 Å². The van der Waals surface area contributed by atoms with E-state index >= 15 is 0 Å². The summed E-state index contributed by atoms with van der Waals surface area (Å²) in [6.45, 7) is 1.18. The largest absolute Gasteiger partial charge is 0.358 e. The molecule has 1 N–H and O–H groups in total. The number of nitrogens with one attached hydrogen (secondary N) is 1. The molecule has 1 aromatic carbocycles. The number of halogens is 4. The number of benzene rings is 1. The van der Waals surface area contributed by atoms with Crippen molar-refractivity contribution in [2.24, 2.45) is 0 Å². The standard InChI is InChI=1S/C17H15Cl4N5O/c18-10-5-4-9(7-11(10)19)8-22-17-23-13-14(20)24-16(21)25-15(13)26(17)12-3-1-2-6-27-12/h4-5,7,12H,1-3,6,8H2,(H,22,23). The van der Waals surface area contributed by atoms with E-state index in [1.54, 1.807) is 6.07 Å². The Kier molecular flexibility index (Phi) is 5.62. The Morgan fingerprint density at radius 1 is 1.07 bits per heavy atom. The molecular formula is C17H15Cl4N5O. The minimum Gasteiger partial charge on any atom is -0.358 e. The van der Waals surface area contributed by atoms with Crippen LogP contribution < -0.4 is 5.32 Å². The van der Waals surface area contributed by atoms with Gasteiger partial charge in [0.25, 0.3) is 0 Å². The molecular weight excluding hydrogens is 432 g/mol. The van der Waals surface area contributed by atoms with Crippen LogP contribution in [0, 0.1) is 0 Å². The van der Waals surface area contributed by atoms with Gasteiger partial charge in [0.05, 0.1) is 10.0 Å². The zero-order chi connectivity index (χ0) is 19.0. The zero-order valence-electron chi connectivity index (χ0n) is 14.1. The molecule has 0 radical (unpaired) electrons. The zero-order valence-corrected chi connectivity index (χ0v) is 17.1. The van der Waals surface area contributed by atoms with Crippen molar-refractivity contribution in [3.8, 4) is 0 Å². The van der Waals surface area contributed by atoms with Gasteiger partial charge in [-0.15, -0.1) is 0 Å². The highest BCUT2D eigenvalue weighted by Gasteiger charge is 2.25. The van der Waals surface area contributed by atoms with Crippen LogP contribution in [0.1, 0.15) is 31.1 Å². The maximum absolute atomic E-state index is 6.23. The Labute approximate surface area is 175 Å². The van der Waals surface area contributed by atoms with Crippen molar-refractivity contribution < 1.29 is 4.74 Å². The first-order chi connectivity index (χ1) is 13.0. The van der Waals surface area contributed by atoms with Gasteiger partial charge >= 0.3 is 0 Å². The molecule has 0 saturated carbocycles. The average molecular weight is 447 g/mol. The van der Waals surface area contributed by atoms with Crippen LogP contribution >= 0.6 is 46.4 Å². The van der Waals surface area contributed by atoms with Crippen LogP contribution in [0.2, 0.25) is 20.5 Å². The molecule has 2 aromatic heterocycles. The van der Waals surface area contributed by atoms with E-state index in [1.165, 1.54) is 0 Å². The van der Waals surface area contributed by atoms with Crippen LogP contribution in [0.15, 0.2) is 18.2 Å². The van der Waals surface area contributed by atoms with Gasteiger partial charge in [0.2, 0.25) is 11.2 Å². The van der Waals surface area contributed by atoms with Gasteiger partial charge in [-0.2, -0.15) is 4.98 Å². The van der Waals surface area contributed by atoms with Gasteiger partial charge in [-0.3, -0.25) is 4.57 Å². The quantitative estimate of drug-likeness (QED) is 0.408. The lowest BCUT2D eigenvalue weighted by molar-refractivity contribution is -0.0285. The molecule has 0 spiro atoms. The molecule has 1 unspecified atom stereocenters. The summed E-state index contributed by atoms with van der Waals surface area (Å²) < 4.78 is 7.83. The minimum atomic E-state index is -0.193. The molecule has 1 saturated heterocycles. The monoisotopic (exact) mass is 445 g/mol. The second-order valence-corrected chi connectivity index (χ2v) is 7.69. The van der Waals surface area contributed by atoms with Crippen molar-refractivity contribution in [2.75, 3.05) is 11.9 Å². The highest BCUT2D eigenvalue weighted by atomic mass is 35.5. The molecule has 0 aliphatic carbocycles. The van der Waals surface area contributed by atoms with Crippen LogP contribution in [-0.2, 0) is 11.3 Å². The molecule has 4 rings (SSSR count). The van der Waals surface area contributed by atoms with Gasteiger partial charge in [0, 0.05) is 13.2 Å². The van der Waals surface area contributed by atoms with E-state index in [0.717, 1.165) is 24.8 Å². The van der Waals surface area contributed by atoms with Crippen molar-refractivity contribution in [3.63, 3.8) is 0 Å². The Morgan fingerprint density at radius 2 is 1.93 bits per heavy atom. The Morgan fingerprint density at radius 3 is 2.67 bits per heavy atom. The van der Waals surface area contributed by atoms with Gasteiger partial charge in [-0.25, -0.2) is 9.97 Å². The van der Waals surface area contributed by atoms with Crippen molar-refractivity contribution >= 4 is 63.5 Å². The SMILES string of the molecule is Clc1nc(Cl)c2nc(NCc3ccc(Cl)c(Cl)c3)n(C3CCCCO3)c2n1. The number of hydrogen-bond acceptors (Lipinski definition) is 5. The van der Waals surface area contributed by atoms with E-state index in [2.05, 4.69) is 20.3 Å². The molecule has 1 aliphatic rings. The summed E-state index contributed by atoms with van der Waals surface area (Å²) in [6, 6.07) is 5.47. The number of imidazole rings is 1. The number of nitrogens with zero attached hydrogens (tertiary/aromatic N) is 4. The molecule has 1 aliphatic heterocycles. The fourth-order valence-corrected chi connectivity index (χ4v) is 3.81. The van der Waals surface area contributed by atoms with E-state index in [-0.39, 0.29) is 16.7 Å². The minimum absolute atomic E-state index is 0.0699. The van der Waals surface area contributed by atoms with Crippen LogP contribution in [0.3, 0.4) is 0 Å². The highest BCUT2D eigenvalue weighted by Crippen LogP contribution is 2.33. The summed E-state index contributed by atoms with van der Waals surface area (Å²) in [5.74, 6) is 0.585. The predicted octanol–water partition coefficient (Wildman–Crippen LogP) is 5.75. The summed E-state index contributed by atoms with van der Waals surface area (Å²) in [6.07, 6.45) is 2.75. The molecule has 3 heterocycles. The third-order valence-corrected chi connectivity index (χ3v) is 5.52. The first-order valence-corrected chi connectivity index (χ1v) is 9.94. The maximum Gasteiger partial charge on any atom is 0.225 e. The molecule has 142 valence electrons. The van der Waals surface area contributed by atoms with Crippen molar-refractivity contribution in [3.05, 3.63) is 44.2 Å². The third-order valence-electron chi connectivity index (χ3n) is 4.35. The van der Waals surface area contributed by atoms with Gasteiger partial charge in [-0.1, -0.05) is 40.9 Å². The number of aromatic nitrogens is 4. The van der Waals surface area contributed by atoms with E-state index in [4.69, 9.17) is 51.1 Å². The van der Waals surface area contributed by atoms with E-state index in [9.17, 15) is 0 Å². The summed E-state index contributed by atoms with van der Waals surface area (Å²) >= 11 is 24.3. The highest BCUT2D eigenvalue weighted by molar-refractivity contribution is 6.42. The van der Waals surface area contributed by atoms with Crippen LogP contribution in [0.4, 0.5) is 5.95 Å². The molecule has 6 nitrogen and oxygen atoms in total. The smallest absolute Gasteiger partial charge is 0.225 e. The molecule has 3 aromatic rings. The van der Waals surface area contributed by atoms with Gasteiger partial charge < -0.3 is 10.1 Å². The van der Waals surface area contributed by atoms with Gasteiger partial charge in [0.1, 0.15) is 11.7 Å². The molecule has 0 amide bonds. The van der Waals surface area contributed by atoms with Gasteiger partial charge in [-0.05, 0) is 48.6 Å². The number of hydrogen-bond donors (Lipinski definition) is 1.